The van der Waals surface area contributed by atoms with Gasteiger partial charge in [-0.1, -0.05) is 84.9 Å². The van der Waals surface area contributed by atoms with Crippen LogP contribution in [0.25, 0.3) is 0 Å². The number of nitrogens with zero attached hydrogens (tertiary/aromatic N) is 1. The Morgan fingerprint density at radius 3 is 2.05 bits per heavy atom. The van der Waals surface area contributed by atoms with E-state index in [0.717, 1.165) is 11.1 Å². The molecule has 0 radical (unpaired) electrons. The van der Waals surface area contributed by atoms with Crippen LogP contribution in [-0.2, 0) is 46.5 Å². The molecule has 206 valence electrons. The molecule has 0 saturated heterocycles. The molecule has 4 rings (SSSR count). The van der Waals surface area contributed by atoms with Crippen molar-refractivity contribution in [3.8, 4) is 0 Å². The molecule has 1 heterocycles. The van der Waals surface area contributed by atoms with E-state index in [1.165, 1.54) is 10.6 Å². The Bertz CT molecular complexity index is 1640. The molecule has 9 nitrogen and oxygen atoms in total. The van der Waals surface area contributed by atoms with Gasteiger partial charge in [0, 0.05) is 17.8 Å². The first-order valence-corrected chi connectivity index (χ1v) is 14.4. The molecule has 10 heteroatoms. The van der Waals surface area contributed by atoms with E-state index in [4.69, 9.17) is 11.1 Å². The topological polar surface area (TPSA) is 147 Å². The van der Waals surface area contributed by atoms with Gasteiger partial charge in [0.25, 0.3) is 5.56 Å². The number of sulfonamides is 1. The number of nitrogens with one attached hydrogen (secondary N) is 3. The predicted molar refractivity (Wildman–Crippen MR) is 157 cm³/mol. The third kappa shape index (κ3) is 7.90. The third-order valence-corrected chi connectivity index (χ3v) is 7.54. The third-order valence-electron chi connectivity index (χ3n) is 6.30. The summed E-state index contributed by atoms with van der Waals surface area (Å²) in [7, 11) is -3.87. The molecule has 1 aromatic heterocycles. The number of amides is 1. The zero-order valence-corrected chi connectivity index (χ0v) is 22.7. The lowest BCUT2D eigenvalue weighted by molar-refractivity contribution is -0.121. The number of anilines is 1. The standard InChI is InChI=1S/C30H31N5O4S/c31-29(32)25-14-11-23(12-15-25)19-33-28(36)20-35-26(16-13-22-7-3-1-4-8-22)17-18-27(30(35)37)34-40(38,39)21-24-9-5-2-6-10-24/h1-12,14-15,17-18,34H,13,16,19-21H2,(H3,31,32)(H,33,36). The molecule has 0 atom stereocenters. The molecule has 1 amide bonds. The fraction of sp³-hybridized carbons (Fsp3) is 0.167. The van der Waals surface area contributed by atoms with E-state index in [1.54, 1.807) is 60.7 Å². The highest BCUT2D eigenvalue weighted by molar-refractivity contribution is 7.91. The maximum absolute atomic E-state index is 13.5. The number of benzene rings is 3. The lowest BCUT2D eigenvalue weighted by Crippen LogP contribution is -2.35. The summed E-state index contributed by atoms with van der Waals surface area (Å²) in [6.07, 6.45) is 1.12. The Morgan fingerprint density at radius 1 is 0.800 bits per heavy atom. The van der Waals surface area contributed by atoms with Crippen molar-refractivity contribution in [3.63, 3.8) is 0 Å². The summed E-state index contributed by atoms with van der Waals surface area (Å²) in [5.74, 6) is -0.730. The SMILES string of the molecule is N=C(N)c1ccc(CNC(=O)Cn2c(CCc3ccccc3)ccc(NS(=O)(=O)Cc3ccccc3)c2=O)cc1. The van der Waals surface area contributed by atoms with Gasteiger partial charge in [0.1, 0.15) is 18.1 Å². The van der Waals surface area contributed by atoms with Crippen LogP contribution >= 0.6 is 0 Å². The zero-order chi connectivity index (χ0) is 28.5. The van der Waals surface area contributed by atoms with Crippen molar-refractivity contribution in [1.29, 1.82) is 5.41 Å². The summed E-state index contributed by atoms with van der Waals surface area (Å²) in [5.41, 5.74) is 8.44. The van der Waals surface area contributed by atoms with E-state index in [-0.39, 0.29) is 30.4 Å². The minimum absolute atomic E-state index is 0.0442. The number of hydrogen-bond donors (Lipinski definition) is 4. The lowest BCUT2D eigenvalue weighted by Gasteiger charge is -2.16. The van der Waals surface area contributed by atoms with Crippen LogP contribution in [0.15, 0.2) is 102 Å². The number of pyridine rings is 1. The molecular formula is C30H31N5O4S. The summed E-state index contributed by atoms with van der Waals surface area (Å²) in [6, 6.07) is 28.5. The van der Waals surface area contributed by atoms with Crippen LogP contribution in [0.4, 0.5) is 5.69 Å². The molecule has 0 aliphatic rings. The monoisotopic (exact) mass is 557 g/mol. The fourth-order valence-corrected chi connectivity index (χ4v) is 5.40. The number of rotatable bonds is 12. The van der Waals surface area contributed by atoms with Crippen LogP contribution in [0, 0.1) is 5.41 Å². The first-order valence-electron chi connectivity index (χ1n) is 12.7. The molecule has 0 spiro atoms. The predicted octanol–water partition coefficient (Wildman–Crippen LogP) is 3.18. The summed E-state index contributed by atoms with van der Waals surface area (Å²) in [6.45, 7) is -0.0583. The molecule has 0 unspecified atom stereocenters. The zero-order valence-electron chi connectivity index (χ0n) is 21.8. The molecule has 5 N–H and O–H groups in total. The molecule has 0 bridgehead atoms. The van der Waals surface area contributed by atoms with Crippen molar-refractivity contribution in [1.82, 2.24) is 9.88 Å². The van der Waals surface area contributed by atoms with E-state index in [2.05, 4.69) is 10.0 Å². The van der Waals surface area contributed by atoms with Crippen molar-refractivity contribution >= 4 is 27.5 Å². The molecule has 40 heavy (non-hydrogen) atoms. The van der Waals surface area contributed by atoms with Crippen molar-refractivity contribution in [2.75, 3.05) is 4.72 Å². The van der Waals surface area contributed by atoms with E-state index in [9.17, 15) is 18.0 Å². The highest BCUT2D eigenvalue weighted by Crippen LogP contribution is 2.13. The van der Waals surface area contributed by atoms with E-state index >= 15 is 0 Å². The summed E-state index contributed by atoms with van der Waals surface area (Å²) in [5, 5.41) is 10.3. The van der Waals surface area contributed by atoms with Gasteiger partial charge >= 0.3 is 0 Å². The Labute approximate surface area is 233 Å². The summed E-state index contributed by atoms with van der Waals surface area (Å²) in [4.78, 5) is 26.4. The second kappa shape index (κ2) is 12.9. The quantitative estimate of drug-likeness (QED) is 0.156. The van der Waals surface area contributed by atoms with Gasteiger partial charge in [-0.15, -0.1) is 0 Å². The van der Waals surface area contributed by atoms with Crippen molar-refractivity contribution in [2.24, 2.45) is 5.73 Å². The van der Waals surface area contributed by atoms with E-state index < -0.39 is 21.5 Å². The van der Waals surface area contributed by atoms with Gasteiger partial charge in [0.05, 0.1) is 5.75 Å². The van der Waals surface area contributed by atoms with Gasteiger partial charge in [0.2, 0.25) is 15.9 Å². The van der Waals surface area contributed by atoms with Crippen LogP contribution in [0.1, 0.15) is 27.9 Å². The Morgan fingerprint density at radius 2 is 1.43 bits per heavy atom. The minimum atomic E-state index is -3.87. The average Bonchev–Trinajstić information content (AvgIpc) is 2.94. The van der Waals surface area contributed by atoms with Gasteiger partial charge in [-0.05, 0) is 41.7 Å². The van der Waals surface area contributed by atoms with Crippen molar-refractivity contribution in [2.45, 2.75) is 31.7 Å². The number of carbonyl (C=O) groups is 1. The summed E-state index contributed by atoms with van der Waals surface area (Å²) >= 11 is 0. The number of nitrogen functional groups attached to an aromatic ring is 1. The molecule has 4 aromatic rings. The normalized spacial score (nSPS) is 11.1. The number of hydrogen-bond acceptors (Lipinski definition) is 5. The van der Waals surface area contributed by atoms with Crippen LogP contribution in [0.2, 0.25) is 0 Å². The Kier molecular flexibility index (Phi) is 9.13. The minimum Gasteiger partial charge on any atom is -0.384 e. The lowest BCUT2D eigenvalue weighted by atomic mass is 10.1. The fourth-order valence-electron chi connectivity index (χ4n) is 4.20. The van der Waals surface area contributed by atoms with Crippen LogP contribution in [0.3, 0.4) is 0 Å². The highest BCUT2D eigenvalue weighted by Gasteiger charge is 2.18. The van der Waals surface area contributed by atoms with E-state index in [0.29, 0.717) is 29.7 Å². The molecule has 3 aromatic carbocycles. The first kappa shape index (κ1) is 28.3. The van der Waals surface area contributed by atoms with Crippen molar-refractivity contribution < 1.29 is 13.2 Å². The smallest absolute Gasteiger partial charge is 0.275 e. The van der Waals surface area contributed by atoms with Gasteiger partial charge in [-0.25, -0.2) is 8.42 Å². The number of aromatic nitrogens is 1. The van der Waals surface area contributed by atoms with Crippen LogP contribution in [0.5, 0.6) is 0 Å². The average molecular weight is 558 g/mol. The molecule has 0 fully saturated rings. The maximum atomic E-state index is 13.5. The molecule has 0 saturated carbocycles. The molecule has 0 aliphatic heterocycles. The van der Waals surface area contributed by atoms with Gasteiger partial charge in [-0.2, -0.15) is 0 Å². The second-order valence-corrected chi connectivity index (χ2v) is 11.1. The van der Waals surface area contributed by atoms with Gasteiger partial charge in [0.15, 0.2) is 0 Å². The van der Waals surface area contributed by atoms with Crippen molar-refractivity contribution in [3.05, 3.63) is 135 Å². The van der Waals surface area contributed by atoms with Crippen LogP contribution in [-0.4, -0.2) is 24.7 Å². The molecule has 0 aliphatic carbocycles. The Hall–Kier alpha value is -4.70. The van der Waals surface area contributed by atoms with E-state index in [1.807, 2.05) is 30.3 Å². The number of aryl methyl sites for hydroxylation is 2. The Balaban J connectivity index is 1.53. The number of amidine groups is 1. The van der Waals surface area contributed by atoms with Gasteiger partial charge < -0.3 is 15.6 Å². The number of carbonyl (C=O) groups excluding carboxylic acids is 1. The number of nitrogens with two attached hydrogens (primary N) is 1. The highest BCUT2D eigenvalue weighted by atomic mass is 32.2. The second-order valence-electron chi connectivity index (χ2n) is 9.35. The first-order chi connectivity index (χ1) is 19.2. The maximum Gasteiger partial charge on any atom is 0.275 e. The van der Waals surface area contributed by atoms with Gasteiger partial charge in [-0.3, -0.25) is 19.7 Å². The summed E-state index contributed by atoms with van der Waals surface area (Å²) < 4.78 is 29.4. The largest absolute Gasteiger partial charge is 0.384 e. The van der Waals surface area contributed by atoms with Crippen LogP contribution < -0.4 is 21.3 Å². The molecular weight excluding hydrogens is 526 g/mol.